The van der Waals surface area contributed by atoms with Gasteiger partial charge in [-0.1, -0.05) is 0 Å². The van der Waals surface area contributed by atoms with E-state index in [1.807, 2.05) is 0 Å². The van der Waals surface area contributed by atoms with Gasteiger partial charge in [-0.15, -0.1) is 0 Å². The number of ether oxygens (including phenoxy) is 1. The van der Waals surface area contributed by atoms with E-state index < -0.39 is 37.1 Å². The van der Waals surface area contributed by atoms with E-state index >= 15 is 0 Å². The Morgan fingerprint density at radius 1 is 1.08 bits per heavy atom. The van der Waals surface area contributed by atoms with Gasteiger partial charge in [-0.05, 0) is 25.5 Å². The summed E-state index contributed by atoms with van der Waals surface area (Å²) >= 11 is 0. The number of fused-ring (bicyclic) bond motifs is 1. The van der Waals surface area contributed by atoms with E-state index in [0.29, 0.717) is 11.3 Å². The van der Waals surface area contributed by atoms with Crippen molar-refractivity contribution in [2.24, 2.45) is 0 Å². The summed E-state index contributed by atoms with van der Waals surface area (Å²) in [7, 11) is 0. The molecule has 8 nitrogen and oxygen atoms in total. The largest absolute Gasteiger partial charge is 0.507 e. The van der Waals surface area contributed by atoms with E-state index in [4.69, 9.17) is 9.15 Å². The van der Waals surface area contributed by atoms with Crippen molar-refractivity contribution in [1.82, 2.24) is 0 Å². The molecule has 0 radical (unpaired) electrons. The van der Waals surface area contributed by atoms with Gasteiger partial charge >= 0.3 is 0 Å². The summed E-state index contributed by atoms with van der Waals surface area (Å²) in [6.45, 7) is 2.59. The number of hydrogen-bond donors (Lipinski definition) is 5. The molecule has 1 fully saturated rings. The number of aliphatic hydroxyl groups is 4. The van der Waals surface area contributed by atoms with Crippen LogP contribution in [0, 0.1) is 13.8 Å². The van der Waals surface area contributed by atoms with Crippen LogP contribution >= 0.6 is 0 Å². The minimum Gasteiger partial charge on any atom is -0.507 e. The maximum atomic E-state index is 12.3. The highest BCUT2D eigenvalue weighted by Gasteiger charge is 2.45. The molecule has 8 heteroatoms. The van der Waals surface area contributed by atoms with Crippen molar-refractivity contribution in [1.29, 1.82) is 0 Å². The zero-order valence-corrected chi connectivity index (χ0v) is 13.7. The molecule has 0 amide bonds. The van der Waals surface area contributed by atoms with Crippen molar-refractivity contribution < 1.29 is 34.7 Å². The molecule has 5 N–H and O–H groups in total. The highest BCUT2D eigenvalue weighted by Crippen LogP contribution is 2.41. The van der Waals surface area contributed by atoms with E-state index in [2.05, 4.69) is 0 Å². The van der Waals surface area contributed by atoms with Crippen LogP contribution in [0.2, 0.25) is 0 Å². The third-order valence-electron chi connectivity index (χ3n) is 4.52. The van der Waals surface area contributed by atoms with Gasteiger partial charge in [0, 0.05) is 6.07 Å². The maximum absolute atomic E-state index is 12.3. The molecule has 0 spiro atoms. The molecule has 25 heavy (non-hydrogen) atoms. The van der Waals surface area contributed by atoms with Crippen molar-refractivity contribution in [3.8, 4) is 5.75 Å². The molecule has 1 aromatic heterocycles. The van der Waals surface area contributed by atoms with Crippen molar-refractivity contribution in [3.63, 3.8) is 0 Å². The van der Waals surface area contributed by atoms with Gasteiger partial charge in [0.05, 0.1) is 17.6 Å². The number of phenols is 1. The lowest BCUT2D eigenvalue weighted by Gasteiger charge is -2.40. The molecule has 0 unspecified atom stereocenters. The Balaban J connectivity index is 2.26. The maximum Gasteiger partial charge on any atom is 0.193 e. The van der Waals surface area contributed by atoms with Gasteiger partial charge in [-0.2, -0.15) is 0 Å². The fraction of sp³-hybridized carbons (Fsp3) is 0.471. The zero-order valence-electron chi connectivity index (χ0n) is 13.7. The van der Waals surface area contributed by atoms with Gasteiger partial charge in [0.25, 0.3) is 0 Å². The summed E-state index contributed by atoms with van der Waals surface area (Å²) in [6, 6.07) is 2.65. The van der Waals surface area contributed by atoms with E-state index in [9.17, 15) is 30.3 Å². The van der Waals surface area contributed by atoms with E-state index in [1.165, 1.54) is 12.1 Å². The van der Waals surface area contributed by atoms with Crippen molar-refractivity contribution in [2.75, 3.05) is 6.61 Å². The molecule has 5 atom stereocenters. The predicted octanol–water partition coefficient (Wildman–Crippen LogP) is -0.370. The molecule has 1 aliphatic heterocycles. The van der Waals surface area contributed by atoms with Crippen molar-refractivity contribution in [3.05, 3.63) is 39.2 Å². The van der Waals surface area contributed by atoms with Crippen LogP contribution in [-0.2, 0) is 4.74 Å². The lowest BCUT2D eigenvalue weighted by Crippen LogP contribution is -2.55. The van der Waals surface area contributed by atoms with E-state index in [0.717, 1.165) is 0 Å². The normalized spacial score (nSPS) is 29.9. The van der Waals surface area contributed by atoms with Crippen LogP contribution in [0.4, 0.5) is 0 Å². The number of hydrogen-bond acceptors (Lipinski definition) is 8. The molecule has 1 saturated heterocycles. The number of aliphatic hydroxyl groups excluding tert-OH is 4. The number of aromatic hydroxyl groups is 1. The summed E-state index contributed by atoms with van der Waals surface area (Å²) in [5.41, 5.74) is 0.182. The van der Waals surface area contributed by atoms with Gasteiger partial charge in [0.15, 0.2) is 5.43 Å². The Kier molecular flexibility index (Phi) is 4.56. The summed E-state index contributed by atoms with van der Waals surface area (Å²) in [4.78, 5) is 12.3. The Labute approximate surface area is 142 Å². The second-order valence-corrected chi connectivity index (χ2v) is 6.30. The first-order valence-electron chi connectivity index (χ1n) is 7.83. The van der Waals surface area contributed by atoms with E-state index in [-0.39, 0.29) is 27.7 Å². The molecule has 136 valence electrons. The van der Waals surface area contributed by atoms with Gasteiger partial charge in [0.1, 0.15) is 47.6 Å². The molecule has 0 saturated carbocycles. The fourth-order valence-corrected chi connectivity index (χ4v) is 3.26. The molecule has 1 aromatic carbocycles. The van der Waals surface area contributed by atoms with Gasteiger partial charge in [-0.25, -0.2) is 0 Å². The van der Waals surface area contributed by atoms with Gasteiger partial charge in [-0.3, -0.25) is 4.79 Å². The van der Waals surface area contributed by atoms with Crippen molar-refractivity contribution >= 4 is 11.0 Å². The summed E-state index contributed by atoms with van der Waals surface area (Å²) in [6.07, 6.45) is -7.17. The number of benzene rings is 1. The summed E-state index contributed by atoms with van der Waals surface area (Å²) in [5, 5.41) is 50.2. The number of phenolic OH excluding ortho intramolecular Hbond substituents is 1. The Hall–Kier alpha value is -1.97. The SMILES string of the molecule is Cc1cc(=O)c2c(C)cc(O)c([C@@H]3O[C@H](CO)[C@H](O)[C@H](O)[C@H]3O)c2o1. The molecule has 2 aromatic rings. The van der Waals surface area contributed by atoms with Crippen LogP contribution in [0.3, 0.4) is 0 Å². The molecule has 2 heterocycles. The van der Waals surface area contributed by atoms with Crippen LogP contribution < -0.4 is 5.43 Å². The first-order valence-corrected chi connectivity index (χ1v) is 7.83. The van der Waals surface area contributed by atoms with Crippen LogP contribution in [-0.4, -0.2) is 56.6 Å². The molecule has 0 bridgehead atoms. The molecular weight excluding hydrogens is 332 g/mol. The first-order chi connectivity index (χ1) is 11.8. The zero-order chi connectivity index (χ0) is 18.5. The third-order valence-corrected chi connectivity index (χ3v) is 4.52. The standard InChI is InChI=1S/C17H20O8/c1-6-3-8(19)12(16-11(6)9(20)4-7(2)24-16)17-15(23)14(22)13(21)10(5-18)25-17/h3-4,10,13-15,17-19,21-23H,5H2,1-2H3/t10-,13+,14+,15-,17+/m1/s1. The second kappa shape index (κ2) is 6.40. The smallest absolute Gasteiger partial charge is 0.193 e. The number of aryl methyl sites for hydroxylation is 2. The van der Waals surface area contributed by atoms with Crippen LogP contribution in [0.15, 0.2) is 21.3 Å². The molecular formula is C17H20O8. The van der Waals surface area contributed by atoms with Gasteiger partial charge < -0.3 is 34.7 Å². The van der Waals surface area contributed by atoms with Crippen LogP contribution in [0.25, 0.3) is 11.0 Å². The number of rotatable bonds is 2. The molecule has 0 aliphatic carbocycles. The molecule has 3 rings (SSSR count). The van der Waals surface area contributed by atoms with Crippen LogP contribution in [0.5, 0.6) is 5.75 Å². The monoisotopic (exact) mass is 352 g/mol. The summed E-state index contributed by atoms with van der Waals surface area (Å²) < 4.78 is 11.1. The highest BCUT2D eigenvalue weighted by molar-refractivity contribution is 5.86. The summed E-state index contributed by atoms with van der Waals surface area (Å²) in [5.74, 6) is 0.0106. The lowest BCUT2D eigenvalue weighted by atomic mass is 9.89. The topological polar surface area (TPSA) is 141 Å². The van der Waals surface area contributed by atoms with Crippen molar-refractivity contribution in [2.45, 2.75) is 44.4 Å². The average Bonchev–Trinajstić information content (AvgIpc) is 2.53. The minimum atomic E-state index is -1.61. The Morgan fingerprint density at radius 3 is 2.40 bits per heavy atom. The average molecular weight is 352 g/mol. The minimum absolute atomic E-state index is 0.0155. The van der Waals surface area contributed by atoms with Crippen LogP contribution in [0.1, 0.15) is 23.0 Å². The fourth-order valence-electron chi connectivity index (χ4n) is 3.26. The van der Waals surface area contributed by atoms with E-state index in [1.54, 1.807) is 13.8 Å². The predicted molar refractivity (Wildman–Crippen MR) is 86.3 cm³/mol. The first kappa shape index (κ1) is 17.8. The Morgan fingerprint density at radius 2 is 1.76 bits per heavy atom. The van der Waals surface area contributed by atoms with Gasteiger partial charge in [0.2, 0.25) is 0 Å². The Bertz CT molecular complexity index is 856. The second-order valence-electron chi connectivity index (χ2n) is 6.30. The quantitative estimate of drug-likeness (QED) is 0.493. The lowest BCUT2D eigenvalue weighted by molar-refractivity contribution is -0.231. The third kappa shape index (κ3) is 2.82. The highest BCUT2D eigenvalue weighted by atomic mass is 16.5. The molecule has 1 aliphatic rings.